The highest BCUT2D eigenvalue weighted by atomic mass is 28.4. The van der Waals surface area contributed by atoms with E-state index < -0.39 is 8.32 Å². The molecular weight excluding hydrogens is 238 g/mol. The molecule has 0 unspecified atom stereocenters. The van der Waals surface area contributed by atoms with Gasteiger partial charge in [0.1, 0.15) is 5.76 Å². The zero-order valence-corrected chi connectivity index (χ0v) is 12.4. The fourth-order valence-corrected chi connectivity index (χ4v) is 2.90. The minimum atomic E-state index is -1.53. The van der Waals surface area contributed by atoms with E-state index in [0.29, 0.717) is 0 Å². The largest absolute Gasteiger partial charge is 0.544 e. The summed E-state index contributed by atoms with van der Waals surface area (Å²) in [5.41, 5.74) is 2.53. The van der Waals surface area contributed by atoms with E-state index in [0.717, 1.165) is 18.6 Å². The van der Waals surface area contributed by atoms with Crippen LogP contribution >= 0.6 is 0 Å². The first-order valence-corrected chi connectivity index (χ1v) is 9.95. The Morgan fingerprint density at radius 1 is 1.22 bits per heavy atom. The van der Waals surface area contributed by atoms with Crippen molar-refractivity contribution in [3.05, 3.63) is 47.5 Å². The Kier molecular flexibility index (Phi) is 4.02. The number of rotatable bonds is 3. The van der Waals surface area contributed by atoms with Crippen molar-refractivity contribution in [1.82, 2.24) is 4.98 Å². The van der Waals surface area contributed by atoms with Gasteiger partial charge in [0.25, 0.3) is 0 Å². The molecule has 1 aromatic rings. The summed E-state index contributed by atoms with van der Waals surface area (Å²) >= 11 is 0. The zero-order chi connectivity index (χ0) is 13.0. The first-order valence-electron chi connectivity index (χ1n) is 6.55. The van der Waals surface area contributed by atoms with E-state index in [-0.39, 0.29) is 0 Å². The van der Waals surface area contributed by atoms with E-state index in [1.165, 1.54) is 17.6 Å². The van der Waals surface area contributed by atoms with Crippen LogP contribution in [0.4, 0.5) is 0 Å². The molecule has 1 aliphatic carbocycles. The molecule has 0 atom stereocenters. The Morgan fingerprint density at radius 3 is 2.61 bits per heavy atom. The second-order valence-electron chi connectivity index (χ2n) is 5.63. The lowest BCUT2D eigenvalue weighted by molar-refractivity contribution is 0.418. The monoisotopic (exact) mass is 259 g/mol. The predicted molar refractivity (Wildman–Crippen MR) is 78.6 cm³/mol. The van der Waals surface area contributed by atoms with Crippen molar-refractivity contribution in [2.75, 3.05) is 0 Å². The highest BCUT2D eigenvalue weighted by Crippen LogP contribution is 2.29. The summed E-state index contributed by atoms with van der Waals surface area (Å²) in [7, 11) is -1.53. The van der Waals surface area contributed by atoms with Crippen molar-refractivity contribution in [2.24, 2.45) is 0 Å². The Bertz CT molecular complexity index is 457. The number of aromatic nitrogens is 1. The van der Waals surface area contributed by atoms with Crippen molar-refractivity contribution in [2.45, 2.75) is 38.9 Å². The molecule has 96 valence electrons. The molecule has 0 aliphatic heterocycles. The van der Waals surface area contributed by atoms with E-state index in [2.05, 4.69) is 36.8 Å². The standard InChI is InChI=1S/C15H21NOSi/c1-18(2,3)17-15-7-5-4-6-14(15)12-13-8-10-16-11-9-13/h7-12H,4-6H2,1-3H3/b14-12+. The van der Waals surface area contributed by atoms with E-state index in [1.54, 1.807) is 0 Å². The number of pyridine rings is 1. The van der Waals surface area contributed by atoms with Crippen LogP contribution in [0.15, 0.2) is 41.9 Å². The smallest absolute Gasteiger partial charge is 0.242 e. The van der Waals surface area contributed by atoms with Crippen molar-refractivity contribution in [1.29, 1.82) is 0 Å². The topological polar surface area (TPSA) is 22.1 Å². The van der Waals surface area contributed by atoms with Crippen LogP contribution in [0.1, 0.15) is 24.8 Å². The van der Waals surface area contributed by atoms with Gasteiger partial charge in [-0.1, -0.05) is 0 Å². The van der Waals surface area contributed by atoms with Gasteiger partial charge in [0.15, 0.2) is 0 Å². The minimum absolute atomic E-state index is 1.11. The molecule has 2 nitrogen and oxygen atoms in total. The Balaban J connectivity index is 2.23. The molecule has 3 heteroatoms. The maximum Gasteiger partial charge on any atom is 0.242 e. The van der Waals surface area contributed by atoms with E-state index >= 15 is 0 Å². The van der Waals surface area contributed by atoms with Crippen LogP contribution in [0.25, 0.3) is 6.08 Å². The summed E-state index contributed by atoms with van der Waals surface area (Å²) in [5.74, 6) is 1.11. The van der Waals surface area contributed by atoms with E-state index in [9.17, 15) is 0 Å². The zero-order valence-electron chi connectivity index (χ0n) is 11.4. The van der Waals surface area contributed by atoms with Gasteiger partial charge in [-0.05, 0) is 74.3 Å². The summed E-state index contributed by atoms with van der Waals surface area (Å²) in [6.45, 7) is 6.69. The maximum absolute atomic E-state index is 6.18. The molecule has 1 heterocycles. The SMILES string of the molecule is C[Si](C)(C)OC1=CCCC/C1=C\c1ccncc1. The molecule has 0 saturated heterocycles. The lowest BCUT2D eigenvalue weighted by atomic mass is 9.98. The molecule has 0 fully saturated rings. The van der Waals surface area contributed by atoms with Gasteiger partial charge in [0.2, 0.25) is 8.32 Å². The molecule has 1 aliphatic rings. The van der Waals surface area contributed by atoms with Crippen LogP contribution in [0.2, 0.25) is 19.6 Å². The van der Waals surface area contributed by atoms with Crippen molar-refractivity contribution in [3.63, 3.8) is 0 Å². The number of nitrogens with zero attached hydrogens (tertiary/aromatic N) is 1. The van der Waals surface area contributed by atoms with Crippen LogP contribution in [0.5, 0.6) is 0 Å². The lowest BCUT2D eigenvalue weighted by Crippen LogP contribution is -2.26. The summed E-state index contributed by atoms with van der Waals surface area (Å²) in [4.78, 5) is 4.05. The Labute approximate surface area is 111 Å². The second kappa shape index (κ2) is 5.53. The third-order valence-electron chi connectivity index (χ3n) is 2.76. The number of hydrogen-bond acceptors (Lipinski definition) is 2. The van der Waals surface area contributed by atoms with Crippen molar-refractivity contribution in [3.8, 4) is 0 Å². The minimum Gasteiger partial charge on any atom is -0.544 e. The highest BCUT2D eigenvalue weighted by molar-refractivity contribution is 6.70. The molecule has 0 amide bonds. The molecular formula is C15H21NOSi. The number of allylic oxidation sites excluding steroid dienone is 2. The molecule has 0 N–H and O–H groups in total. The molecule has 0 bridgehead atoms. The summed E-state index contributed by atoms with van der Waals surface area (Å²) in [6, 6.07) is 4.07. The molecule has 2 rings (SSSR count). The van der Waals surface area contributed by atoms with Crippen molar-refractivity contribution < 1.29 is 4.43 Å². The van der Waals surface area contributed by atoms with Crippen LogP contribution in [-0.2, 0) is 4.43 Å². The summed E-state index contributed by atoms with van der Waals surface area (Å²) in [5, 5.41) is 0. The average Bonchev–Trinajstić information content (AvgIpc) is 2.31. The molecule has 18 heavy (non-hydrogen) atoms. The van der Waals surface area contributed by atoms with Gasteiger partial charge in [-0.15, -0.1) is 0 Å². The lowest BCUT2D eigenvalue weighted by Gasteiger charge is -2.26. The van der Waals surface area contributed by atoms with Gasteiger partial charge in [0, 0.05) is 12.4 Å². The second-order valence-corrected chi connectivity index (χ2v) is 10.1. The van der Waals surface area contributed by atoms with Crippen LogP contribution in [0.3, 0.4) is 0 Å². The quantitative estimate of drug-likeness (QED) is 0.751. The van der Waals surface area contributed by atoms with Crippen LogP contribution < -0.4 is 0 Å². The average molecular weight is 259 g/mol. The van der Waals surface area contributed by atoms with E-state index in [4.69, 9.17) is 4.43 Å². The molecule has 0 spiro atoms. The molecule has 1 aromatic heterocycles. The van der Waals surface area contributed by atoms with Crippen molar-refractivity contribution >= 4 is 14.4 Å². The van der Waals surface area contributed by atoms with Gasteiger partial charge >= 0.3 is 0 Å². The fraction of sp³-hybridized carbons (Fsp3) is 0.400. The maximum atomic E-state index is 6.18. The fourth-order valence-electron chi connectivity index (χ4n) is 2.02. The molecule has 0 aromatic carbocycles. The van der Waals surface area contributed by atoms with Gasteiger partial charge in [-0.2, -0.15) is 0 Å². The highest BCUT2D eigenvalue weighted by Gasteiger charge is 2.21. The first kappa shape index (κ1) is 13.1. The molecule has 0 saturated carbocycles. The predicted octanol–water partition coefficient (Wildman–Crippen LogP) is 4.38. The number of hydrogen-bond donors (Lipinski definition) is 0. The summed E-state index contributed by atoms with van der Waals surface area (Å²) < 4.78 is 6.18. The van der Waals surface area contributed by atoms with Crippen LogP contribution in [0, 0.1) is 0 Å². The third-order valence-corrected chi connectivity index (χ3v) is 3.59. The normalized spacial score (nSPS) is 18.6. The van der Waals surface area contributed by atoms with Gasteiger partial charge in [-0.3, -0.25) is 4.98 Å². The molecule has 0 radical (unpaired) electrons. The Morgan fingerprint density at radius 2 is 1.94 bits per heavy atom. The van der Waals surface area contributed by atoms with Gasteiger partial charge < -0.3 is 4.43 Å². The van der Waals surface area contributed by atoms with Crippen LogP contribution in [-0.4, -0.2) is 13.3 Å². The van der Waals surface area contributed by atoms with E-state index in [1.807, 2.05) is 24.5 Å². The summed E-state index contributed by atoms with van der Waals surface area (Å²) in [6.07, 6.45) is 11.6. The first-order chi connectivity index (χ1) is 8.54. The Hall–Kier alpha value is -1.35. The third kappa shape index (κ3) is 3.84. The van der Waals surface area contributed by atoms with Gasteiger partial charge in [-0.25, -0.2) is 0 Å². The van der Waals surface area contributed by atoms with Gasteiger partial charge in [0.05, 0.1) is 0 Å².